The minimum Gasteiger partial charge on any atom is -0.324 e. The van der Waals surface area contributed by atoms with Crippen LogP contribution in [0.2, 0.25) is 5.02 Å². The molecule has 1 aromatic carbocycles. The molecule has 28 heavy (non-hydrogen) atoms. The Balaban J connectivity index is 1.38. The van der Waals surface area contributed by atoms with Crippen molar-refractivity contribution in [2.24, 2.45) is 35.5 Å². The summed E-state index contributed by atoms with van der Waals surface area (Å²) in [6.07, 6.45) is 5.38. The third kappa shape index (κ3) is 2.40. The van der Waals surface area contributed by atoms with Crippen molar-refractivity contribution >= 4 is 50.9 Å². The Morgan fingerprint density at radius 3 is 2.32 bits per heavy atom. The number of carbonyl (C=O) groups excluding carboxylic acids is 3. The van der Waals surface area contributed by atoms with Crippen molar-refractivity contribution < 1.29 is 14.4 Å². The number of imide groups is 1. The second-order valence-electron chi connectivity index (χ2n) is 8.40. The maximum absolute atomic E-state index is 13.1. The highest BCUT2D eigenvalue weighted by atomic mass is 79.9. The molecule has 1 heterocycles. The average molecular weight is 464 g/mol. The minimum atomic E-state index is -0.858. The van der Waals surface area contributed by atoms with Crippen molar-refractivity contribution in [3.63, 3.8) is 0 Å². The van der Waals surface area contributed by atoms with Gasteiger partial charge in [0.2, 0.25) is 17.7 Å². The monoisotopic (exact) mass is 462 g/mol. The lowest BCUT2D eigenvalue weighted by Gasteiger charge is -2.37. The van der Waals surface area contributed by atoms with Gasteiger partial charge in [-0.2, -0.15) is 0 Å². The zero-order valence-corrected chi connectivity index (χ0v) is 17.8. The summed E-state index contributed by atoms with van der Waals surface area (Å²) in [5.74, 6) is 0.0756. The van der Waals surface area contributed by atoms with Gasteiger partial charge in [0.1, 0.15) is 6.04 Å². The molecule has 1 aromatic rings. The number of likely N-dealkylation sites (tertiary alicyclic amines) is 1. The van der Waals surface area contributed by atoms with Crippen LogP contribution >= 0.6 is 27.5 Å². The summed E-state index contributed by atoms with van der Waals surface area (Å²) in [5, 5.41) is 3.35. The Labute approximate surface area is 176 Å². The summed E-state index contributed by atoms with van der Waals surface area (Å²) < 4.78 is 0.744. The summed E-state index contributed by atoms with van der Waals surface area (Å²) in [6.45, 7) is 3.43. The number of carbonyl (C=O) groups is 3. The van der Waals surface area contributed by atoms with Gasteiger partial charge in [0.25, 0.3) is 0 Å². The van der Waals surface area contributed by atoms with Crippen LogP contribution in [-0.4, -0.2) is 28.7 Å². The lowest BCUT2D eigenvalue weighted by Crippen LogP contribution is -2.46. The van der Waals surface area contributed by atoms with E-state index in [1.54, 1.807) is 19.1 Å². The molecule has 5 nitrogen and oxygen atoms in total. The summed E-state index contributed by atoms with van der Waals surface area (Å²) in [4.78, 5) is 40.3. The number of hydrogen-bond acceptors (Lipinski definition) is 3. The van der Waals surface area contributed by atoms with Crippen LogP contribution in [0.15, 0.2) is 28.8 Å². The summed E-state index contributed by atoms with van der Waals surface area (Å²) in [5.41, 5.74) is 1.30. The van der Waals surface area contributed by atoms with Crippen molar-refractivity contribution in [1.29, 1.82) is 0 Å². The average Bonchev–Trinajstić information content (AvgIpc) is 3.45. The van der Waals surface area contributed by atoms with Crippen molar-refractivity contribution in [2.75, 3.05) is 5.32 Å². The predicted molar refractivity (Wildman–Crippen MR) is 109 cm³/mol. The van der Waals surface area contributed by atoms with Crippen LogP contribution in [0, 0.1) is 42.4 Å². The van der Waals surface area contributed by atoms with Gasteiger partial charge in [-0.3, -0.25) is 19.3 Å². The molecule has 1 saturated heterocycles. The highest BCUT2D eigenvalue weighted by Gasteiger charge is 2.67. The molecular weight excluding hydrogens is 444 g/mol. The number of amides is 3. The minimum absolute atomic E-state index is 0.157. The van der Waals surface area contributed by atoms with E-state index in [2.05, 4.69) is 33.4 Å². The zero-order chi connectivity index (χ0) is 19.9. The molecule has 2 saturated carbocycles. The lowest BCUT2D eigenvalue weighted by molar-refractivity contribution is -0.146. The Hall–Kier alpha value is -1.66. The third-order valence-electron chi connectivity index (χ3n) is 7.06. The van der Waals surface area contributed by atoms with Crippen molar-refractivity contribution in [1.82, 2.24) is 4.90 Å². The number of nitrogens with one attached hydrogen (secondary N) is 1. The van der Waals surface area contributed by atoms with Crippen LogP contribution in [0.25, 0.3) is 0 Å². The van der Waals surface area contributed by atoms with Crippen LogP contribution < -0.4 is 5.32 Å². The first-order valence-corrected chi connectivity index (χ1v) is 10.8. The number of rotatable bonds is 3. The van der Waals surface area contributed by atoms with E-state index < -0.39 is 6.04 Å². The second kappa shape index (κ2) is 6.17. The molecule has 4 aliphatic carbocycles. The van der Waals surface area contributed by atoms with Crippen LogP contribution in [0.4, 0.5) is 5.69 Å². The van der Waals surface area contributed by atoms with Gasteiger partial charge in [-0.1, -0.05) is 23.8 Å². The number of nitrogens with zero attached hydrogens (tertiary/aromatic N) is 1. The molecule has 6 rings (SSSR count). The Bertz CT molecular complexity index is 925. The molecule has 0 aromatic heterocycles. The first-order valence-electron chi connectivity index (χ1n) is 9.62. The van der Waals surface area contributed by atoms with E-state index in [1.807, 2.05) is 6.92 Å². The Morgan fingerprint density at radius 2 is 1.75 bits per heavy atom. The molecule has 5 aliphatic rings. The molecule has 1 N–H and O–H groups in total. The molecule has 0 spiro atoms. The predicted octanol–water partition coefficient (Wildman–Crippen LogP) is 3.79. The maximum atomic E-state index is 13.1. The molecule has 0 unspecified atom stereocenters. The van der Waals surface area contributed by atoms with Gasteiger partial charge in [0, 0.05) is 10.2 Å². The standard InChI is InChI=1S/C21H20BrClN2O3/c1-8-15(6-5-14(22)18(8)23)24-19(26)9(2)25-20(27)16-10-3-4-11(13-7-12(10)13)17(16)21(25)28/h3-6,9-13,16-17H,7H2,1-2H3,(H,24,26)/t9-,10-,11-,12-,13+,16+,17+/m0/s1. The molecule has 7 heteroatoms. The van der Waals surface area contributed by atoms with Crippen LogP contribution in [0.3, 0.4) is 0 Å². The van der Waals surface area contributed by atoms with E-state index in [9.17, 15) is 14.4 Å². The van der Waals surface area contributed by atoms with E-state index in [0.717, 1.165) is 16.5 Å². The van der Waals surface area contributed by atoms with Gasteiger partial charge in [-0.15, -0.1) is 0 Å². The third-order valence-corrected chi connectivity index (χ3v) is 8.44. The van der Waals surface area contributed by atoms with Gasteiger partial charge < -0.3 is 5.32 Å². The van der Waals surface area contributed by atoms with Gasteiger partial charge in [-0.05, 0) is 77.6 Å². The Kier molecular flexibility index (Phi) is 4.05. The molecule has 2 bridgehead atoms. The number of allylic oxidation sites excluding steroid dienone is 2. The smallest absolute Gasteiger partial charge is 0.247 e. The number of hydrogen-bond donors (Lipinski definition) is 1. The molecule has 146 valence electrons. The largest absolute Gasteiger partial charge is 0.324 e. The van der Waals surface area contributed by atoms with Crippen LogP contribution in [-0.2, 0) is 14.4 Å². The van der Waals surface area contributed by atoms with E-state index in [0.29, 0.717) is 22.5 Å². The first kappa shape index (κ1) is 18.4. The highest BCUT2D eigenvalue weighted by molar-refractivity contribution is 9.10. The van der Waals surface area contributed by atoms with Crippen molar-refractivity contribution in [3.8, 4) is 0 Å². The molecule has 0 radical (unpaired) electrons. The quantitative estimate of drug-likeness (QED) is 0.548. The molecule has 3 amide bonds. The fourth-order valence-corrected chi connectivity index (χ4v) is 6.10. The fourth-order valence-electron chi connectivity index (χ4n) is 5.50. The van der Waals surface area contributed by atoms with E-state index in [1.165, 1.54) is 4.90 Å². The normalized spacial score (nSPS) is 35.6. The lowest BCUT2D eigenvalue weighted by atomic mass is 9.63. The molecule has 1 aliphatic heterocycles. The molecule has 3 fully saturated rings. The SMILES string of the molecule is Cc1c(NC(=O)[C@H](C)N2C(=O)[C@@H]3[C@H]4C=C[C@@H]([C@@H]5C[C@H]45)[C@H]3C2=O)ccc(Br)c1Cl. The van der Waals surface area contributed by atoms with Crippen LogP contribution in [0.1, 0.15) is 18.9 Å². The van der Waals surface area contributed by atoms with Gasteiger partial charge in [0.15, 0.2) is 0 Å². The summed E-state index contributed by atoms with van der Waals surface area (Å²) >= 11 is 9.59. The first-order chi connectivity index (χ1) is 13.3. The maximum Gasteiger partial charge on any atom is 0.247 e. The van der Waals surface area contributed by atoms with Crippen LogP contribution in [0.5, 0.6) is 0 Å². The van der Waals surface area contributed by atoms with Gasteiger partial charge >= 0.3 is 0 Å². The molecule has 7 atom stereocenters. The number of halogens is 2. The number of anilines is 1. The second-order valence-corrected chi connectivity index (χ2v) is 9.63. The van der Waals surface area contributed by atoms with E-state index in [4.69, 9.17) is 11.6 Å². The highest BCUT2D eigenvalue weighted by Crippen LogP contribution is 2.65. The van der Waals surface area contributed by atoms with E-state index >= 15 is 0 Å². The zero-order valence-electron chi connectivity index (χ0n) is 15.5. The topological polar surface area (TPSA) is 66.5 Å². The van der Waals surface area contributed by atoms with Gasteiger partial charge in [-0.25, -0.2) is 0 Å². The van der Waals surface area contributed by atoms with Crippen molar-refractivity contribution in [3.05, 3.63) is 39.3 Å². The summed E-state index contributed by atoms with van der Waals surface area (Å²) in [7, 11) is 0. The van der Waals surface area contributed by atoms with Crippen molar-refractivity contribution in [2.45, 2.75) is 26.3 Å². The van der Waals surface area contributed by atoms with Gasteiger partial charge in [0.05, 0.1) is 16.9 Å². The van der Waals surface area contributed by atoms with E-state index in [-0.39, 0.29) is 41.4 Å². The number of benzene rings is 1. The Morgan fingerprint density at radius 1 is 1.18 bits per heavy atom. The molecular formula is C21H20BrClN2O3. The fraction of sp³-hybridized carbons (Fsp3) is 0.476. The summed E-state index contributed by atoms with van der Waals surface area (Å²) in [6, 6.07) is 2.65.